The van der Waals surface area contributed by atoms with Crippen LogP contribution < -0.4 is 14.8 Å². The molecule has 1 aromatic carbocycles. The van der Waals surface area contributed by atoms with E-state index in [0.717, 1.165) is 36.3 Å². The maximum Gasteiger partial charge on any atom is 0.265 e. The van der Waals surface area contributed by atoms with E-state index >= 15 is 0 Å². The van der Waals surface area contributed by atoms with Gasteiger partial charge < -0.3 is 19.6 Å². The minimum absolute atomic E-state index is 0.0791. The van der Waals surface area contributed by atoms with Gasteiger partial charge in [0.15, 0.2) is 18.1 Å². The summed E-state index contributed by atoms with van der Waals surface area (Å²) in [6, 6.07) is 5.45. The highest BCUT2D eigenvalue weighted by molar-refractivity contribution is 5.92. The lowest BCUT2D eigenvalue weighted by molar-refractivity contribution is -0.120. The summed E-state index contributed by atoms with van der Waals surface area (Å²) >= 11 is 0. The van der Waals surface area contributed by atoms with Crippen molar-refractivity contribution in [2.24, 2.45) is 28.3 Å². The summed E-state index contributed by atoms with van der Waals surface area (Å²) < 4.78 is 11.3. The van der Waals surface area contributed by atoms with Crippen molar-refractivity contribution in [3.8, 4) is 11.5 Å². The van der Waals surface area contributed by atoms with Crippen LogP contribution in [0.5, 0.6) is 11.5 Å². The minimum atomic E-state index is -0.214. The zero-order valence-corrected chi connectivity index (χ0v) is 17.8. The number of ether oxygens (including phenoxy) is 2. The van der Waals surface area contributed by atoms with Crippen molar-refractivity contribution >= 4 is 17.3 Å². The Morgan fingerprint density at radius 2 is 1.77 bits per heavy atom. The van der Waals surface area contributed by atoms with Crippen LogP contribution in [0.3, 0.4) is 0 Å². The molecule has 1 amide bonds. The third-order valence-corrected chi connectivity index (χ3v) is 7.39. The van der Waals surface area contributed by atoms with Gasteiger partial charge >= 0.3 is 0 Å². The summed E-state index contributed by atoms with van der Waals surface area (Å²) in [7, 11) is 0. The van der Waals surface area contributed by atoms with Gasteiger partial charge in [-0.1, -0.05) is 12.1 Å². The number of hydrogen-bond donors (Lipinski definition) is 1. The number of benzene rings is 1. The van der Waals surface area contributed by atoms with Crippen molar-refractivity contribution in [3.05, 3.63) is 18.2 Å². The Labute approximate surface area is 178 Å². The van der Waals surface area contributed by atoms with E-state index in [9.17, 15) is 4.79 Å². The fourth-order valence-electron chi connectivity index (χ4n) is 6.61. The Morgan fingerprint density at radius 1 is 1.10 bits per heavy atom. The van der Waals surface area contributed by atoms with Crippen molar-refractivity contribution in [1.29, 1.82) is 0 Å². The van der Waals surface area contributed by atoms with Crippen LogP contribution in [0.25, 0.3) is 0 Å². The van der Waals surface area contributed by atoms with Crippen LogP contribution in [0.1, 0.15) is 58.3 Å². The number of oxime groups is 1. The molecule has 4 fully saturated rings. The SMILES string of the molecule is CCC(=NOCC(=O)Nc1ccc2c(c1)OCCCO2)C12CC3CC(CC(C3)C1)C2. The average molecular weight is 413 g/mol. The first-order valence-electron chi connectivity index (χ1n) is 11.5. The van der Waals surface area contributed by atoms with E-state index in [1.165, 1.54) is 44.2 Å². The van der Waals surface area contributed by atoms with Crippen LogP contribution in [-0.2, 0) is 9.63 Å². The molecule has 4 saturated carbocycles. The predicted molar refractivity (Wildman–Crippen MR) is 115 cm³/mol. The fraction of sp³-hybridized carbons (Fsp3) is 0.667. The Kier molecular flexibility index (Phi) is 5.34. The van der Waals surface area contributed by atoms with E-state index in [1.54, 1.807) is 6.07 Å². The van der Waals surface area contributed by atoms with Gasteiger partial charge in [0, 0.05) is 23.6 Å². The molecule has 1 aromatic rings. The minimum Gasteiger partial charge on any atom is -0.490 e. The van der Waals surface area contributed by atoms with Crippen LogP contribution in [0.4, 0.5) is 5.69 Å². The van der Waals surface area contributed by atoms with Crippen LogP contribution in [-0.4, -0.2) is 31.4 Å². The molecule has 6 nitrogen and oxygen atoms in total. The molecular weight excluding hydrogens is 380 g/mol. The standard InChI is InChI=1S/C24H32N2O4/c1-2-22(24-12-16-8-17(13-24)10-18(9-16)14-24)26-30-15-23(27)25-19-4-5-20-21(11-19)29-7-3-6-28-20/h4-5,11,16-18H,2-3,6-10,12-15H2,1H3,(H,25,27). The van der Waals surface area contributed by atoms with Gasteiger partial charge in [-0.05, 0) is 74.8 Å². The number of hydrogen-bond acceptors (Lipinski definition) is 5. The first-order chi connectivity index (χ1) is 14.6. The Balaban J connectivity index is 1.19. The van der Waals surface area contributed by atoms with Crippen molar-refractivity contribution in [3.63, 3.8) is 0 Å². The molecule has 0 spiro atoms. The summed E-state index contributed by atoms with van der Waals surface area (Å²) in [5.74, 6) is 3.78. The smallest absolute Gasteiger partial charge is 0.265 e. The molecule has 4 aliphatic carbocycles. The van der Waals surface area contributed by atoms with E-state index in [2.05, 4.69) is 17.4 Å². The quantitative estimate of drug-likeness (QED) is 0.539. The van der Waals surface area contributed by atoms with Crippen molar-refractivity contribution < 1.29 is 19.1 Å². The number of nitrogens with zero attached hydrogens (tertiary/aromatic N) is 1. The molecule has 0 saturated heterocycles. The van der Waals surface area contributed by atoms with Gasteiger partial charge in [0.2, 0.25) is 0 Å². The molecule has 162 valence electrons. The second kappa shape index (κ2) is 8.12. The molecule has 0 aromatic heterocycles. The number of carbonyl (C=O) groups excluding carboxylic acids is 1. The van der Waals surface area contributed by atoms with Crippen LogP contribution in [0.15, 0.2) is 23.4 Å². The van der Waals surface area contributed by atoms with Crippen molar-refractivity contribution in [1.82, 2.24) is 0 Å². The van der Waals surface area contributed by atoms with Gasteiger partial charge in [-0.15, -0.1) is 0 Å². The van der Waals surface area contributed by atoms with E-state index in [1.807, 2.05) is 12.1 Å². The molecule has 4 bridgehead atoms. The van der Waals surface area contributed by atoms with E-state index in [0.29, 0.717) is 24.7 Å². The third kappa shape index (κ3) is 3.88. The maximum absolute atomic E-state index is 12.4. The fourth-order valence-corrected chi connectivity index (χ4v) is 6.61. The monoisotopic (exact) mass is 412 g/mol. The van der Waals surface area contributed by atoms with E-state index in [4.69, 9.17) is 14.3 Å². The zero-order valence-electron chi connectivity index (χ0n) is 17.8. The largest absolute Gasteiger partial charge is 0.490 e. The number of amides is 1. The molecule has 1 N–H and O–H groups in total. The Bertz CT molecular complexity index is 799. The lowest BCUT2D eigenvalue weighted by atomic mass is 9.48. The number of carbonyl (C=O) groups is 1. The summed E-state index contributed by atoms with van der Waals surface area (Å²) in [6.07, 6.45) is 9.77. The highest BCUT2D eigenvalue weighted by atomic mass is 16.6. The summed E-state index contributed by atoms with van der Waals surface area (Å²) in [4.78, 5) is 18.0. The van der Waals surface area contributed by atoms with Gasteiger partial charge in [0.1, 0.15) is 0 Å². The molecular formula is C24H32N2O4. The van der Waals surface area contributed by atoms with Crippen LogP contribution >= 0.6 is 0 Å². The average Bonchev–Trinajstić information content (AvgIpc) is 2.95. The number of anilines is 1. The van der Waals surface area contributed by atoms with E-state index < -0.39 is 0 Å². The number of nitrogens with one attached hydrogen (secondary N) is 1. The Hall–Kier alpha value is -2.24. The van der Waals surface area contributed by atoms with Gasteiger partial charge in [0.05, 0.1) is 18.9 Å². The molecule has 6 heteroatoms. The van der Waals surface area contributed by atoms with Crippen LogP contribution in [0.2, 0.25) is 0 Å². The van der Waals surface area contributed by atoms with Crippen molar-refractivity contribution in [2.45, 2.75) is 58.3 Å². The zero-order chi connectivity index (χ0) is 20.6. The van der Waals surface area contributed by atoms with Gasteiger partial charge in [-0.3, -0.25) is 4.79 Å². The molecule has 0 unspecified atom stereocenters. The first-order valence-corrected chi connectivity index (χ1v) is 11.5. The molecule has 30 heavy (non-hydrogen) atoms. The molecule has 1 aliphatic heterocycles. The molecule has 6 rings (SSSR count). The third-order valence-electron chi connectivity index (χ3n) is 7.39. The molecule has 5 aliphatic rings. The number of rotatable bonds is 6. The highest BCUT2D eigenvalue weighted by Crippen LogP contribution is 2.60. The Morgan fingerprint density at radius 3 is 2.43 bits per heavy atom. The molecule has 0 radical (unpaired) electrons. The highest BCUT2D eigenvalue weighted by Gasteiger charge is 2.53. The molecule has 0 atom stereocenters. The van der Waals surface area contributed by atoms with Gasteiger partial charge in [-0.25, -0.2) is 0 Å². The second-order valence-corrected chi connectivity index (χ2v) is 9.62. The summed E-state index contributed by atoms with van der Waals surface area (Å²) in [6.45, 7) is 3.35. The second-order valence-electron chi connectivity index (χ2n) is 9.62. The van der Waals surface area contributed by atoms with Gasteiger partial charge in [0.25, 0.3) is 5.91 Å². The van der Waals surface area contributed by atoms with Gasteiger partial charge in [-0.2, -0.15) is 0 Å². The van der Waals surface area contributed by atoms with Crippen molar-refractivity contribution in [2.75, 3.05) is 25.1 Å². The normalized spacial score (nSPS) is 31.9. The summed E-state index contributed by atoms with van der Waals surface area (Å²) in [5.41, 5.74) is 2.08. The predicted octanol–water partition coefficient (Wildman–Crippen LogP) is 4.79. The lowest BCUT2D eigenvalue weighted by Gasteiger charge is -2.56. The maximum atomic E-state index is 12.4. The topological polar surface area (TPSA) is 69.2 Å². The summed E-state index contributed by atoms with van der Waals surface area (Å²) in [5, 5.41) is 7.38. The molecule has 1 heterocycles. The lowest BCUT2D eigenvalue weighted by Crippen LogP contribution is -2.50. The first kappa shape index (κ1) is 19.7. The van der Waals surface area contributed by atoms with E-state index in [-0.39, 0.29) is 17.9 Å². The van der Waals surface area contributed by atoms with Crippen LogP contribution in [0, 0.1) is 23.2 Å². The number of fused-ring (bicyclic) bond motifs is 1.